The molecule has 0 bridgehead atoms. The van der Waals surface area contributed by atoms with E-state index >= 15 is 0 Å². The Morgan fingerprint density at radius 1 is 1.44 bits per heavy atom. The number of carbonyl (C=O) groups excluding carboxylic acids is 1. The Hall–Kier alpha value is -1.09. The number of amides is 1. The van der Waals surface area contributed by atoms with Crippen molar-refractivity contribution >= 4 is 17.5 Å². The van der Waals surface area contributed by atoms with Crippen molar-refractivity contribution in [3.8, 4) is 0 Å². The molecule has 1 saturated carbocycles. The fourth-order valence-corrected chi connectivity index (χ4v) is 2.84. The summed E-state index contributed by atoms with van der Waals surface area (Å²) in [6.45, 7) is 2.79. The van der Waals surface area contributed by atoms with Gasteiger partial charge in [0.25, 0.3) is 5.91 Å². The highest BCUT2D eigenvalue weighted by Gasteiger charge is 2.24. The number of hydrogen-bond donors (Lipinski definition) is 0. The minimum Gasteiger partial charge on any atom is -0.336 e. The van der Waals surface area contributed by atoms with Gasteiger partial charge in [0, 0.05) is 24.3 Å². The van der Waals surface area contributed by atoms with E-state index in [0.29, 0.717) is 16.8 Å². The summed E-state index contributed by atoms with van der Waals surface area (Å²) in [5.74, 6) is 0.0775. The molecule has 0 spiro atoms. The van der Waals surface area contributed by atoms with E-state index in [4.69, 9.17) is 11.6 Å². The lowest BCUT2D eigenvalue weighted by Crippen LogP contribution is -2.41. The van der Waals surface area contributed by atoms with E-state index in [2.05, 4.69) is 4.98 Å². The molecule has 1 heterocycles. The Morgan fingerprint density at radius 2 is 2.17 bits per heavy atom. The zero-order valence-corrected chi connectivity index (χ0v) is 11.5. The number of aromatic nitrogens is 1. The van der Waals surface area contributed by atoms with E-state index in [0.717, 1.165) is 19.4 Å². The molecule has 18 heavy (non-hydrogen) atoms. The quantitative estimate of drug-likeness (QED) is 0.784. The second-order valence-electron chi connectivity index (χ2n) is 4.75. The second-order valence-corrected chi connectivity index (χ2v) is 5.14. The number of hydrogen-bond acceptors (Lipinski definition) is 2. The number of carbonyl (C=O) groups is 1. The van der Waals surface area contributed by atoms with Crippen molar-refractivity contribution in [3.05, 3.63) is 29.0 Å². The van der Waals surface area contributed by atoms with Crippen LogP contribution in [0, 0.1) is 0 Å². The molecule has 3 nitrogen and oxygen atoms in total. The van der Waals surface area contributed by atoms with Crippen LogP contribution in [-0.4, -0.2) is 28.4 Å². The lowest BCUT2D eigenvalue weighted by molar-refractivity contribution is 0.0648. The van der Waals surface area contributed by atoms with E-state index in [-0.39, 0.29) is 5.91 Å². The van der Waals surface area contributed by atoms with Gasteiger partial charge in [0.15, 0.2) is 0 Å². The maximum Gasteiger partial charge on any atom is 0.254 e. The number of halogens is 1. The predicted molar refractivity (Wildman–Crippen MR) is 72.8 cm³/mol. The van der Waals surface area contributed by atoms with Gasteiger partial charge in [-0.2, -0.15) is 0 Å². The number of rotatable bonds is 3. The van der Waals surface area contributed by atoms with Gasteiger partial charge in [-0.15, -0.1) is 0 Å². The first-order valence-electron chi connectivity index (χ1n) is 6.65. The Kier molecular flexibility index (Phi) is 4.59. The zero-order valence-electron chi connectivity index (χ0n) is 10.7. The number of nitrogens with zero attached hydrogens (tertiary/aromatic N) is 2. The van der Waals surface area contributed by atoms with E-state index in [1.807, 2.05) is 11.8 Å². The van der Waals surface area contributed by atoms with E-state index < -0.39 is 0 Å². The van der Waals surface area contributed by atoms with Crippen molar-refractivity contribution in [2.24, 2.45) is 0 Å². The molecule has 0 N–H and O–H groups in total. The van der Waals surface area contributed by atoms with Crippen LogP contribution in [0.4, 0.5) is 0 Å². The monoisotopic (exact) mass is 266 g/mol. The Balaban J connectivity index is 2.14. The fourth-order valence-electron chi connectivity index (χ4n) is 2.66. The van der Waals surface area contributed by atoms with Crippen LogP contribution in [0.5, 0.6) is 0 Å². The minimum atomic E-state index is 0.0775. The highest BCUT2D eigenvalue weighted by molar-refractivity contribution is 6.29. The first-order valence-corrected chi connectivity index (χ1v) is 7.02. The molecule has 1 amide bonds. The van der Waals surface area contributed by atoms with Crippen molar-refractivity contribution < 1.29 is 4.79 Å². The fraction of sp³-hybridized carbons (Fsp3) is 0.571. The molecule has 98 valence electrons. The number of pyridine rings is 1. The van der Waals surface area contributed by atoms with Crippen LogP contribution in [0.3, 0.4) is 0 Å². The van der Waals surface area contributed by atoms with Crippen LogP contribution < -0.4 is 0 Å². The average molecular weight is 267 g/mol. The average Bonchev–Trinajstić information content (AvgIpc) is 2.41. The molecular formula is C14H19ClN2O. The molecule has 1 aliphatic rings. The van der Waals surface area contributed by atoms with Gasteiger partial charge in [0.1, 0.15) is 5.15 Å². The van der Waals surface area contributed by atoms with Gasteiger partial charge in [-0.05, 0) is 31.9 Å². The Bertz CT molecular complexity index is 416. The molecule has 0 radical (unpaired) electrons. The molecule has 1 aliphatic carbocycles. The third kappa shape index (κ3) is 3.02. The molecule has 1 aromatic rings. The summed E-state index contributed by atoms with van der Waals surface area (Å²) in [5.41, 5.74) is 0.641. The molecule has 4 heteroatoms. The standard InChI is InChI=1S/C14H19ClN2O/c1-2-17(12-6-4-3-5-7-12)14(18)11-8-9-16-13(15)10-11/h8-10,12H,2-7H2,1H3. The first kappa shape index (κ1) is 13.3. The molecule has 0 atom stereocenters. The van der Waals surface area contributed by atoms with E-state index in [1.165, 1.54) is 19.3 Å². The smallest absolute Gasteiger partial charge is 0.254 e. The van der Waals surface area contributed by atoms with Gasteiger partial charge in [-0.25, -0.2) is 4.98 Å². The summed E-state index contributed by atoms with van der Waals surface area (Å²) in [7, 11) is 0. The minimum absolute atomic E-state index is 0.0775. The Labute approximate surface area is 113 Å². The summed E-state index contributed by atoms with van der Waals surface area (Å²) >= 11 is 5.84. The zero-order chi connectivity index (χ0) is 13.0. The summed E-state index contributed by atoms with van der Waals surface area (Å²) in [6, 6.07) is 3.78. The van der Waals surface area contributed by atoms with Gasteiger partial charge in [0.2, 0.25) is 0 Å². The van der Waals surface area contributed by atoms with Crippen molar-refractivity contribution in [1.29, 1.82) is 0 Å². The molecule has 0 aromatic carbocycles. The SMILES string of the molecule is CCN(C(=O)c1ccnc(Cl)c1)C1CCCCC1. The van der Waals surface area contributed by atoms with Crippen molar-refractivity contribution in [3.63, 3.8) is 0 Å². The molecule has 0 unspecified atom stereocenters. The van der Waals surface area contributed by atoms with Crippen LogP contribution in [0.2, 0.25) is 5.15 Å². The van der Waals surface area contributed by atoms with Crippen molar-refractivity contribution in [2.45, 2.75) is 45.1 Å². The summed E-state index contributed by atoms with van der Waals surface area (Å²) in [4.78, 5) is 18.4. The Morgan fingerprint density at radius 3 is 2.78 bits per heavy atom. The summed E-state index contributed by atoms with van der Waals surface area (Å²) in [5, 5.41) is 0.376. The van der Waals surface area contributed by atoms with Crippen LogP contribution in [0.25, 0.3) is 0 Å². The summed E-state index contributed by atoms with van der Waals surface area (Å²) in [6.07, 6.45) is 7.58. The van der Waals surface area contributed by atoms with Crippen molar-refractivity contribution in [1.82, 2.24) is 9.88 Å². The van der Waals surface area contributed by atoms with Crippen molar-refractivity contribution in [2.75, 3.05) is 6.54 Å². The first-order chi connectivity index (χ1) is 8.72. The third-order valence-corrected chi connectivity index (χ3v) is 3.80. The van der Waals surface area contributed by atoms with E-state index in [1.54, 1.807) is 18.3 Å². The van der Waals surface area contributed by atoms with Crippen LogP contribution >= 0.6 is 11.6 Å². The van der Waals surface area contributed by atoms with Crippen LogP contribution in [0.1, 0.15) is 49.4 Å². The van der Waals surface area contributed by atoms with Crippen LogP contribution in [0.15, 0.2) is 18.3 Å². The molecule has 0 aliphatic heterocycles. The van der Waals surface area contributed by atoms with Gasteiger partial charge in [-0.3, -0.25) is 4.79 Å². The van der Waals surface area contributed by atoms with Gasteiger partial charge < -0.3 is 4.90 Å². The lowest BCUT2D eigenvalue weighted by Gasteiger charge is -2.33. The molecule has 2 rings (SSSR count). The van der Waals surface area contributed by atoms with Gasteiger partial charge in [0.05, 0.1) is 0 Å². The summed E-state index contributed by atoms with van der Waals surface area (Å²) < 4.78 is 0. The molecule has 1 fully saturated rings. The molecule has 0 saturated heterocycles. The molecular weight excluding hydrogens is 248 g/mol. The van der Waals surface area contributed by atoms with Crippen LogP contribution in [-0.2, 0) is 0 Å². The third-order valence-electron chi connectivity index (χ3n) is 3.59. The largest absolute Gasteiger partial charge is 0.336 e. The molecule has 1 aromatic heterocycles. The normalized spacial score (nSPS) is 16.6. The highest BCUT2D eigenvalue weighted by atomic mass is 35.5. The maximum absolute atomic E-state index is 12.5. The maximum atomic E-state index is 12.5. The van der Waals surface area contributed by atoms with Gasteiger partial charge >= 0.3 is 0 Å². The topological polar surface area (TPSA) is 33.2 Å². The van der Waals surface area contributed by atoms with Gasteiger partial charge in [-0.1, -0.05) is 30.9 Å². The lowest BCUT2D eigenvalue weighted by atomic mass is 9.94. The highest BCUT2D eigenvalue weighted by Crippen LogP contribution is 2.24. The van der Waals surface area contributed by atoms with E-state index in [9.17, 15) is 4.79 Å². The predicted octanol–water partition coefficient (Wildman–Crippen LogP) is 3.53. The second kappa shape index (κ2) is 6.19.